The van der Waals surface area contributed by atoms with Crippen molar-refractivity contribution in [3.05, 3.63) is 29.9 Å². The number of nitrogens with two attached hydrogens (primary N) is 1. The summed E-state index contributed by atoms with van der Waals surface area (Å²) in [5, 5.41) is 3.78. The lowest BCUT2D eigenvalue weighted by atomic mass is 10.3. The fourth-order valence-corrected chi connectivity index (χ4v) is 2.30. The number of hydrogen-bond acceptors (Lipinski definition) is 6. The number of nitrogen functional groups attached to an aromatic ring is 1. The van der Waals surface area contributed by atoms with E-state index in [2.05, 4.69) is 15.1 Å². The lowest BCUT2D eigenvalue weighted by Crippen LogP contribution is -2.05. The average molecular weight is 287 g/mol. The first kappa shape index (κ1) is 13.4. The molecule has 2 aromatic heterocycles. The molecule has 7 nitrogen and oxygen atoms in total. The summed E-state index contributed by atoms with van der Waals surface area (Å²) in [6, 6.07) is 5.80. The minimum Gasteiger partial charge on any atom is -0.492 e. The number of aryl methyl sites for hydroxylation is 3. The smallest absolute Gasteiger partial charge is 0.228 e. The average Bonchev–Trinajstić information content (AvgIpc) is 3.01. The Hall–Kier alpha value is -2.57. The molecule has 2 heterocycles. The van der Waals surface area contributed by atoms with Crippen molar-refractivity contribution in [2.24, 2.45) is 0 Å². The zero-order chi connectivity index (χ0) is 14.8. The van der Waals surface area contributed by atoms with E-state index in [1.165, 1.54) is 0 Å². The third kappa shape index (κ3) is 2.54. The Morgan fingerprint density at radius 2 is 2.19 bits per heavy atom. The third-order valence-electron chi connectivity index (χ3n) is 3.19. The van der Waals surface area contributed by atoms with Gasteiger partial charge < -0.3 is 19.6 Å². The van der Waals surface area contributed by atoms with E-state index in [4.69, 9.17) is 15.0 Å². The largest absolute Gasteiger partial charge is 0.492 e. The number of para-hydroxylation sites is 1. The molecule has 3 aromatic rings. The number of fused-ring (bicyclic) bond motifs is 1. The summed E-state index contributed by atoms with van der Waals surface area (Å²) in [7, 11) is 0. The van der Waals surface area contributed by atoms with Crippen LogP contribution in [0, 0.1) is 6.92 Å². The van der Waals surface area contributed by atoms with Crippen LogP contribution in [-0.4, -0.2) is 26.3 Å². The molecule has 0 bridgehead atoms. The highest BCUT2D eigenvalue weighted by Crippen LogP contribution is 2.27. The number of rotatable bonds is 5. The highest BCUT2D eigenvalue weighted by Gasteiger charge is 2.13. The summed E-state index contributed by atoms with van der Waals surface area (Å²) in [6.45, 7) is 4.95. The number of ether oxygens (including phenoxy) is 1. The van der Waals surface area contributed by atoms with Crippen LogP contribution in [0.3, 0.4) is 0 Å². The van der Waals surface area contributed by atoms with E-state index >= 15 is 0 Å². The Bertz CT molecular complexity index is 762. The van der Waals surface area contributed by atoms with Crippen LogP contribution >= 0.6 is 0 Å². The molecule has 1 aromatic carbocycles. The Kier molecular flexibility index (Phi) is 3.47. The Balaban J connectivity index is 1.91. The molecule has 110 valence electrons. The van der Waals surface area contributed by atoms with E-state index in [1.807, 2.05) is 29.7 Å². The molecule has 0 amide bonds. The molecule has 0 unspecified atom stereocenters. The molecule has 0 radical (unpaired) electrons. The van der Waals surface area contributed by atoms with Gasteiger partial charge in [0.05, 0.1) is 12.1 Å². The quantitative estimate of drug-likeness (QED) is 0.771. The van der Waals surface area contributed by atoms with Crippen molar-refractivity contribution in [3.8, 4) is 5.75 Å². The second-order valence-electron chi connectivity index (χ2n) is 4.66. The number of nitrogens with zero attached hydrogens (tertiary/aromatic N) is 4. The van der Waals surface area contributed by atoms with Gasteiger partial charge in [0.1, 0.15) is 11.3 Å². The van der Waals surface area contributed by atoms with Gasteiger partial charge in [-0.2, -0.15) is 4.98 Å². The maximum absolute atomic E-state index is 6.02. The van der Waals surface area contributed by atoms with E-state index in [-0.39, 0.29) is 0 Å². The van der Waals surface area contributed by atoms with Crippen molar-refractivity contribution in [2.75, 3.05) is 12.3 Å². The molecule has 0 aliphatic rings. The topological polar surface area (TPSA) is 92.0 Å². The second-order valence-corrected chi connectivity index (χ2v) is 4.66. The van der Waals surface area contributed by atoms with E-state index in [0.29, 0.717) is 37.2 Å². The van der Waals surface area contributed by atoms with Gasteiger partial charge in [0.15, 0.2) is 5.82 Å². The fraction of sp³-hybridized carbons (Fsp3) is 0.357. The first-order valence-corrected chi connectivity index (χ1v) is 6.85. The van der Waals surface area contributed by atoms with Gasteiger partial charge in [-0.3, -0.25) is 0 Å². The highest BCUT2D eigenvalue weighted by molar-refractivity contribution is 5.84. The molecule has 0 saturated carbocycles. The van der Waals surface area contributed by atoms with Crippen molar-refractivity contribution in [1.82, 2.24) is 19.7 Å². The van der Waals surface area contributed by atoms with Crippen LogP contribution in [0.15, 0.2) is 22.7 Å². The van der Waals surface area contributed by atoms with Crippen LogP contribution in [0.25, 0.3) is 11.0 Å². The predicted octanol–water partition coefficient (Wildman–Crippen LogP) is 1.95. The monoisotopic (exact) mass is 287 g/mol. The van der Waals surface area contributed by atoms with Gasteiger partial charge in [-0.05, 0) is 26.0 Å². The summed E-state index contributed by atoms with van der Waals surface area (Å²) in [4.78, 5) is 8.59. The maximum Gasteiger partial charge on any atom is 0.228 e. The zero-order valence-electron chi connectivity index (χ0n) is 12.0. The van der Waals surface area contributed by atoms with Crippen LogP contribution in [-0.2, 0) is 13.0 Å². The Morgan fingerprint density at radius 1 is 1.33 bits per heavy atom. The van der Waals surface area contributed by atoms with Gasteiger partial charge in [0.2, 0.25) is 11.8 Å². The van der Waals surface area contributed by atoms with Gasteiger partial charge >= 0.3 is 0 Å². The molecular weight excluding hydrogens is 270 g/mol. The standard InChI is InChI=1S/C14H17N5O2/c1-3-20-11-6-4-5-10-13(11)17-14(15)19(10)8-7-12-16-9(2)18-21-12/h4-6H,3,7-8H2,1-2H3,(H2,15,17). The highest BCUT2D eigenvalue weighted by atomic mass is 16.5. The van der Waals surface area contributed by atoms with E-state index in [0.717, 1.165) is 16.8 Å². The Morgan fingerprint density at radius 3 is 2.90 bits per heavy atom. The molecule has 0 spiro atoms. The zero-order valence-corrected chi connectivity index (χ0v) is 12.0. The first-order valence-electron chi connectivity index (χ1n) is 6.85. The minimum absolute atomic E-state index is 0.452. The molecule has 0 aliphatic heterocycles. The van der Waals surface area contributed by atoms with Gasteiger partial charge in [0, 0.05) is 13.0 Å². The predicted molar refractivity (Wildman–Crippen MR) is 78.1 cm³/mol. The summed E-state index contributed by atoms with van der Waals surface area (Å²) in [6.07, 6.45) is 0.607. The second kappa shape index (κ2) is 5.43. The summed E-state index contributed by atoms with van der Waals surface area (Å²) < 4.78 is 12.6. The maximum atomic E-state index is 6.02. The van der Waals surface area contributed by atoms with Crippen molar-refractivity contribution < 1.29 is 9.26 Å². The Labute approximate surface area is 121 Å². The number of imidazole rings is 1. The van der Waals surface area contributed by atoms with Crippen LogP contribution in [0.2, 0.25) is 0 Å². The number of aromatic nitrogens is 4. The van der Waals surface area contributed by atoms with E-state index in [9.17, 15) is 0 Å². The van der Waals surface area contributed by atoms with Gasteiger partial charge in [-0.25, -0.2) is 4.98 Å². The van der Waals surface area contributed by atoms with Crippen LogP contribution in [0.4, 0.5) is 5.95 Å². The van der Waals surface area contributed by atoms with Gasteiger partial charge in [0.25, 0.3) is 0 Å². The number of benzene rings is 1. The van der Waals surface area contributed by atoms with Gasteiger partial charge in [-0.15, -0.1) is 0 Å². The molecule has 7 heteroatoms. The molecule has 3 rings (SSSR count). The lowest BCUT2D eigenvalue weighted by molar-refractivity contribution is 0.343. The minimum atomic E-state index is 0.452. The van der Waals surface area contributed by atoms with Crippen LogP contribution in [0.5, 0.6) is 5.75 Å². The molecule has 0 saturated heterocycles. The lowest BCUT2D eigenvalue weighted by Gasteiger charge is -2.05. The first-order chi connectivity index (χ1) is 10.2. The van der Waals surface area contributed by atoms with Crippen molar-refractivity contribution in [2.45, 2.75) is 26.8 Å². The van der Waals surface area contributed by atoms with Crippen molar-refractivity contribution in [3.63, 3.8) is 0 Å². The molecule has 21 heavy (non-hydrogen) atoms. The van der Waals surface area contributed by atoms with Crippen LogP contribution < -0.4 is 10.5 Å². The molecular formula is C14H17N5O2. The number of hydrogen-bond donors (Lipinski definition) is 1. The third-order valence-corrected chi connectivity index (χ3v) is 3.19. The molecule has 2 N–H and O–H groups in total. The van der Waals surface area contributed by atoms with E-state index in [1.54, 1.807) is 6.92 Å². The molecule has 0 atom stereocenters. The SMILES string of the molecule is CCOc1cccc2c1nc(N)n2CCc1nc(C)no1. The molecule has 0 aliphatic carbocycles. The normalized spacial score (nSPS) is 11.1. The van der Waals surface area contributed by atoms with Crippen molar-refractivity contribution in [1.29, 1.82) is 0 Å². The van der Waals surface area contributed by atoms with E-state index < -0.39 is 0 Å². The van der Waals surface area contributed by atoms with Gasteiger partial charge in [-0.1, -0.05) is 11.2 Å². The fourth-order valence-electron chi connectivity index (χ4n) is 2.30. The van der Waals surface area contributed by atoms with Crippen LogP contribution in [0.1, 0.15) is 18.6 Å². The van der Waals surface area contributed by atoms with Crippen molar-refractivity contribution >= 4 is 17.0 Å². The summed E-state index contributed by atoms with van der Waals surface area (Å²) >= 11 is 0. The number of anilines is 1. The molecule has 0 fully saturated rings. The summed E-state index contributed by atoms with van der Waals surface area (Å²) in [5.74, 6) is 2.42. The summed E-state index contributed by atoms with van der Waals surface area (Å²) in [5.41, 5.74) is 7.73.